The van der Waals surface area contributed by atoms with E-state index in [0.717, 1.165) is 16.3 Å². The molecule has 3 heterocycles. The highest BCUT2D eigenvalue weighted by molar-refractivity contribution is 7.17. The number of hydrogen-bond donors (Lipinski definition) is 4. The lowest BCUT2D eigenvalue weighted by Crippen LogP contribution is -2.18. The summed E-state index contributed by atoms with van der Waals surface area (Å²) in [7, 11) is 0. The number of benzene rings is 2. The van der Waals surface area contributed by atoms with Gasteiger partial charge in [-0.25, -0.2) is 4.98 Å². The third kappa shape index (κ3) is 3.57. The van der Waals surface area contributed by atoms with Gasteiger partial charge in [0.05, 0.1) is 6.54 Å². The first-order chi connectivity index (χ1) is 15.5. The van der Waals surface area contributed by atoms with Crippen LogP contribution < -0.4 is 16.8 Å². The van der Waals surface area contributed by atoms with Crippen LogP contribution in [0.15, 0.2) is 72.1 Å². The zero-order chi connectivity index (χ0) is 22.2. The Kier molecular flexibility index (Phi) is 4.84. The number of hydrogen-bond acceptors (Lipinski definition) is 5. The summed E-state index contributed by atoms with van der Waals surface area (Å²) < 4.78 is 3.06. The molecule has 158 valence electrons. The highest BCUT2D eigenvalue weighted by atomic mass is 32.1. The van der Waals surface area contributed by atoms with E-state index >= 15 is 0 Å². The number of amidine groups is 1. The van der Waals surface area contributed by atoms with Gasteiger partial charge in [0.15, 0.2) is 0 Å². The van der Waals surface area contributed by atoms with E-state index in [1.165, 1.54) is 4.70 Å². The Morgan fingerprint density at radius 1 is 1.09 bits per heavy atom. The van der Waals surface area contributed by atoms with Crippen molar-refractivity contribution in [2.75, 3.05) is 11.1 Å². The lowest BCUT2D eigenvalue weighted by Gasteiger charge is -2.11. The molecular formula is C24H20N6OS. The maximum absolute atomic E-state index is 13.2. The monoisotopic (exact) mass is 440 g/mol. The molecule has 0 saturated carbocycles. The molecule has 8 heteroatoms. The van der Waals surface area contributed by atoms with Crippen molar-refractivity contribution in [3.8, 4) is 0 Å². The van der Waals surface area contributed by atoms with Crippen LogP contribution in [0.4, 0.5) is 11.4 Å². The molecule has 2 aromatic carbocycles. The normalized spacial score (nSPS) is 11.1. The number of nitrogens with zero attached hydrogens (tertiary/aromatic N) is 2. The average molecular weight is 441 g/mol. The van der Waals surface area contributed by atoms with Crippen molar-refractivity contribution < 1.29 is 4.79 Å². The number of thiophene rings is 1. The zero-order valence-electron chi connectivity index (χ0n) is 17.0. The van der Waals surface area contributed by atoms with Gasteiger partial charge in [0.1, 0.15) is 22.9 Å². The van der Waals surface area contributed by atoms with Crippen LogP contribution in [0, 0.1) is 5.41 Å². The molecule has 6 N–H and O–H groups in total. The summed E-state index contributed by atoms with van der Waals surface area (Å²) in [5.41, 5.74) is 15.3. The van der Waals surface area contributed by atoms with E-state index < -0.39 is 0 Å². The summed E-state index contributed by atoms with van der Waals surface area (Å²) in [4.78, 5) is 17.8. The Balaban J connectivity index is 1.62. The van der Waals surface area contributed by atoms with Gasteiger partial charge in [-0.15, -0.1) is 11.3 Å². The Bertz CT molecular complexity index is 1480. The fourth-order valence-electron chi connectivity index (χ4n) is 3.71. The van der Waals surface area contributed by atoms with Gasteiger partial charge in [0, 0.05) is 21.5 Å². The van der Waals surface area contributed by atoms with Crippen molar-refractivity contribution >= 4 is 55.6 Å². The molecule has 0 fully saturated rings. The van der Waals surface area contributed by atoms with Gasteiger partial charge < -0.3 is 21.4 Å². The van der Waals surface area contributed by atoms with Gasteiger partial charge >= 0.3 is 0 Å². The van der Waals surface area contributed by atoms with Gasteiger partial charge in [0.25, 0.3) is 5.91 Å². The number of anilines is 2. The molecule has 0 aliphatic rings. The molecule has 1 amide bonds. The van der Waals surface area contributed by atoms with Crippen molar-refractivity contribution in [1.82, 2.24) is 9.55 Å². The van der Waals surface area contributed by atoms with Crippen LogP contribution in [0.2, 0.25) is 0 Å². The maximum atomic E-state index is 13.2. The van der Waals surface area contributed by atoms with Crippen LogP contribution >= 0.6 is 11.3 Å². The molecule has 3 aromatic heterocycles. The fourth-order valence-corrected chi connectivity index (χ4v) is 4.67. The summed E-state index contributed by atoms with van der Waals surface area (Å²) in [6, 6.07) is 20.5. The van der Waals surface area contributed by atoms with Crippen molar-refractivity contribution in [3.05, 3.63) is 89.1 Å². The number of fused-ring (bicyclic) bond motifs is 2. The van der Waals surface area contributed by atoms with Crippen LogP contribution in [0.25, 0.3) is 21.1 Å². The number of carbonyl (C=O) groups excluding carboxylic acids is 1. The van der Waals surface area contributed by atoms with Crippen LogP contribution in [0.1, 0.15) is 21.7 Å². The molecule has 0 bridgehead atoms. The summed E-state index contributed by atoms with van der Waals surface area (Å²) >= 11 is 1.67. The standard InChI is InChI=1S/C24H20N6OS/c25-16-6-8-17(9-7-16)28-24(31)20-11-14-5-10-19(22(26)27)29-23(14)30(20)12-15-13-32-21-4-2-1-3-18(15)21/h1-11,13H,12,25H2,(H3,26,27)(H,28,31). The third-order valence-electron chi connectivity index (χ3n) is 5.31. The topological polar surface area (TPSA) is 123 Å². The number of carbonyl (C=O) groups is 1. The van der Waals surface area contributed by atoms with Crippen molar-refractivity contribution in [2.45, 2.75) is 6.54 Å². The average Bonchev–Trinajstić information content (AvgIpc) is 3.37. The predicted molar refractivity (Wildman–Crippen MR) is 130 cm³/mol. The Labute approximate surface area is 187 Å². The lowest BCUT2D eigenvalue weighted by atomic mass is 10.2. The quantitative estimate of drug-likeness (QED) is 0.183. The zero-order valence-corrected chi connectivity index (χ0v) is 17.8. The summed E-state index contributed by atoms with van der Waals surface area (Å²) in [5.74, 6) is -0.370. The first-order valence-electron chi connectivity index (χ1n) is 9.96. The summed E-state index contributed by atoms with van der Waals surface area (Å²) in [6.45, 7) is 0.465. The van der Waals surface area contributed by atoms with E-state index in [4.69, 9.17) is 16.9 Å². The minimum Gasteiger partial charge on any atom is -0.399 e. The van der Waals surface area contributed by atoms with Gasteiger partial charge in [-0.3, -0.25) is 10.2 Å². The largest absolute Gasteiger partial charge is 0.399 e. The minimum absolute atomic E-state index is 0.117. The molecule has 0 spiro atoms. The molecule has 0 unspecified atom stereocenters. The molecular weight excluding hydrogens is 420 g/mol. The Morgan fingerprint density at radius 2 is 1.88 bits per heavy atom. The Hall–Kier alpha value is -4.17. The first-order valence-corrected chi connectivity index (χ1v) is 10.8. The van der Waals surface area contributed by atoms with E-state index in [9.17, 15) is 4.79 Å². The molecule has 5 aromatic rings. The van der Waals surface area contributed by atoms with Gasteiger partial charge in [-0.2, -0.15) is 0 Å². The highest BCUT2D eigenvalue weighted by Gasteiger charge is 2.19. The molecule has 0 atom stereocenters. The number of pyridine rings is 1. The van der Waals surface area contributed by atoms with Crippen LogP contribution in [-0.2, 0) is 6.54 Å². The maximum Gasteiger partial charge on any atom is 0.272 e. The number of nitrogens with one attached hydrogen (secondary N) is 2. The van der Waals surface area contributed by atoms with Crippen molar-refractivity contribution in [1.29, 1.82) is 5.41 Å². The SMILES string of the molecule is N=C(N)c1ccc2cc(C(=O)Nc3ccc(N)cc3)n(Cc3csc4ccccc34)c2n1. The van der Waals surface area contributed by atoms with E-state index in [-0.39, 0.29) is 11.7 Å². The molecule has 0 radical (unpaired) electrons. The van der Waals surface area contributed by atoms with E-state index in [1.807, 2.05) is 28.8 Å². The van der Waals surface area contributed by atoms with Crippen LogP contribution in [0.3, 0.4) is 0 Å². The molecule has 7 nitrogen and oxygen atoms in total. The molecule has 0 aliphatic heterocycles. The third-order valence-corrected chi connectivity index (χ3v) is 6.32. The van der Waals surface area contributed by atoms with Crippen molar-refractivity contribution in [2.24, 2.45) is 5.73 Å². The van der Waals surface area contributed by atoms with E-state index in [1.54, 1.807) is 41.7 Å². The van der Waals surface area contributed by atoms with Crippen molar-refractivity contribution in [3.63, 3.8) is 0 Å². The molecule has 5 rings (SSSR count). The summed E-state index contributed by atoms with van der Waals surface area (Å²) in [6.07, 6.45) is 0. The fraction of sp³-hybridized carbons (Fsp3) is 0.0417. The smallest absolute Gasteiger partial charge is 0.272 e. The number of nitrogens with two attached hydrogens (primary N) is 2. The second-order valence-corrected chi connectivity index (χ2v) is 8.38. The number of nitrogen functional groups attached to an aromatic ring is 2. The van der Waals surface area contributed by atoms with E-state index in [2.05, 4.69) is 27.8 Å². The number of rotatable bonds is 5. The number of amides is 1. The lowest BCUT2D eigenvalue weighted by molar-refractivity contribution is 0.101. The second-order valence-electron chi connectivity index (χ2n) is 7.47. The minimum atomic E-state index is -0.253. The van der Waals surface area contributed by atoms with E-state index in [0.29, 0.717) is 35.0 Å². The Morgan fingerprint density at radius 3 is 2.66 bits per heavy atom. The molecule has 32 heavy (non-hydrogen) atoms. The molecule has 0 aliphatic carbocycles. The van der Waals surface area contributed by atoms with Crippen LogP contribution in [0.5, 0.6) is 0 Å². The van der Waals surface area contributed by atoms with Gasteiger partial charge in [-0.1, -0.05) is 18.2 Å². The highest BCUT2D eigenvalue weighted by Crippen LogP contribution is 2.29. The first kappa shape index (κ1) is 19.8. The van der Waals surface area contributed by atoms with Gasteiger partial charge in [0.2, 0.25) is 0 Å². The molecule has 0 saturated heterocycles. The predicted octanol–water partition coefficient (Wildman–Crippen LogP) is 4.42. The number of aromatic nitrogens is 2. The summed E-state index contributed by atoms with van der Waals surface area (Å²) in [5, 5.41) is 14.7. The second kappa shape index (κ2) is 7.82. The van der Waals surface area contributed by atoms with Gasteiger partial charge in [-0.05, 0) is 64.9 Å². The van der Waals surface area contributed by atoms with Crippen LogP contribution in [-0.4, -0.2) is 21.3 Å².